The Morgan fingerprint density at radius 3 is 2.18 bits per heavy atom. The zero-order valence-electron chi connectivity index (χ0n) is 11.8. The van der Waals surface area contributed by atoms with Gasteiger partial charge in [0.25, 0.3) is 0 Å². The molecule has 0 amide bonds. The van der Waals surface area contributed by atoms with Gasteiger partial charge in [-0.1, -0.05) is 68.7 Å². The van der Waals surface area contributed by atoms with Crippen LogP contribution < -0.4 is 0 Å². The Hall–Kier alpha value is -0.300. The lowest BCUT2D eigenvalue weighted by Gasteiger charge is -2.24. The molecule has 0 nitrogen and oxygen atoms in total. The first kappa shape index (κ1) is 14.8. The van der Waals surface area contributed by atoms with Crippen molar-refractivity contribution >= 4 is 15.9 Å². The van der Waals surface area contributed by atoms with Crippen LogP contribution >= 0.6 is 15.9 Å². The first-order chi connectivity index (χ1) is 8.01. The largest absolute Gasteiger partial charge is 0.0836 e. The lowest BCUT2D eigenvalue weighted by atomic mass is 9.87. The van der Waals surface area contributed by atoms with E-state index >= 15 is 0 Å². The zero-order valence-corrected chi connectivity index (χ0v) is 13.3. The summed E-state index contributed by atoms with van der Waals surface area (Å²) in [7, 11) is 0. The van der Waals surface area contributed by atoms with Gasteiger partial charge in [-0.25, -0.2) is 0 Å². The third-order valence-corrected chi connectivity index (χ3v) is 5.14. The maximum Gasteiger partial charge on any atom is 0.0426 e. The Balaban J connectivity index is 3.09. The molecule has 96 valence electrons. The molecule has 0 saturated heterocycles. The molecule has 0 spiro atoms. The van der Waals surface area contributed by atoms with E-state index in [1.54, 1.807) is 0 Å². The summed E-state index contributed by atoms with van der Waals surface area (Å²) in [4.78, 5) is 0.476. The molecule has 2 atom stereocenters. The van der Waals surface area contributed by atoms with Gasteiger partial charge >= 0.3 is 0 Å². The van der Waals surface area contributed by atoms with Crippen molar-refractivity contribution in [2.45, 2.75) is 52.3 Å². The molecule has 0 fully saturated rings. The van der Waals surface area contributed by atoms with E-state index in [4.69, 9.17) is 0 Å². The van der Waals surface area contributed by atoms with Crippen LogP contribution in [-0.4, -0.2) is 0 Å². The van der Waals surface area contributed by atoms with Gasteiger partial charge in [-0.2, -0.15) is 0 Å². The molecule has 1 aromatic carbocycles. The average molecular weight is 297 g/mol. The summed E-state index contributed by atoms with van der Waals surface area (Å²) in [5, 5.41) is 0. The highest BCUT2D eigenvalue weighted by atomic mass is 79.9. The predicted molar refractivity (Wildman–Crippen MR) is 80.9 cm³/mol. The predicted octanol–water partition coefficient (Wildman–Crippen LogP) is 5.54. The van der Waals surface area contributed by atoms with Gasteiger partial charge in [0.2, 0.25) is 0 Å². The molecule has 0 aliphatic rings. The van der Waals surface area contributed by atoms with Gasteiger partial charge in [-0.15, -0.1) is 0 Å². The van der Waals surface area contributed by atoms with Crippen LogP contribution in [-0.2, 0) is 12.8 Å². The summed E-state index contributed by atoms with van der Waals surface area (Å²) in [5.41, 5.74) is 4.42. The second-order valence-electron chi connectivity index (χ2n) is 5.25. The van der Waals surface area contributed by atoms with Crippen LogP contribution in [0.4, 0.5) is 0 Å². The van der Waals surface area contributed by atoms with Crippen molar-refractivity contribution in [3.63, 3.8) is 0 Å². The van der Waals surface area contributed by atoms with Crippen LogP contribution in [0.3, 0.4) is 0 Å². The minimum atomic E-state index is 0.476. The quantitative estimate of drug-likeness (QED) is 0.626. The molecule has 0 saturated carbocycles. The zero-order chi connectivity index (χ0) is 13.0. The molecule has 1 rings (SSSR count). The minimum absolute atomic E-state index is 0.476. The molecule has 2 unspecified atom stereocenters. The summed E-state index contributed by atoms with van der Waals surface area (Å²) in [6.45, 7) is 11.4. The van der Waals surface area contributed by atoms with Crippen molar-refractivity contribution in [3.05, 3.63) is 34.9 Å². The van der Waals surface area contributed by atoms with E-state index in [0.29, 0.717) is 16.7 Å². The van der Waals surface area contributed by atoms with Crippen LogP contribution in [0.15, 0.2) is 18.2 Å². The third kappa shape index (κ3) is 3.58. The Bertz CT molecular complexity index is 355. The average Bonchev–Trinajstić information content (AvgIpc) is 2.35. The molecule has 0 bridgehead atoms. The van der Waals surface area contributed by atoms with Crippen LogP contribution in [0.5, 0.6) is 0 Å². The SMILES string of the molecule is CCc1ccc(CC)c(C(Br)C(C)C(C)C)c1. The summed E-state index contributed by atoms with van der Waals surface area (Å²) in [5.74, 6) is 1.36. The number of hydrogen-bond acceptors (Lipinski definition) is 0. The van der Waals surface area contributed by atoms with E-state index in [-0.39, 0.29) is 0 Å². The summed E-state index contributed by atoms with van der Waals surface area (Å²) in [6.07, 6.45) is 2.24. The van der Waals surface area contributed by atoms with Crippen LogP contribution in [0.1, 0.15) is 56.1 Å². The minimum Gasteiger partial charge on any atom is -0.0836 e. The highest BCUT2D eigenvalue weighted by molar-refractivity contribution is 9.09. The fraction of sp³-hybridized carbons (Fsp3) is 0.625. The van der Waals surface area contributed by atoms with E-state index < -0.39 is 0 Å². The lowest BCUT2D eigenvalue weighted by Crippen LogP contribution is -2.12. The number of alkyl halides is 1. The fourth-order valence-electron chi connectivity index (χ4n) is 2.06. The Morgan fingerprint density at radius 1 is 1.06 bits per heavy atom. The van der Waals surface area contributed by atoms with Gasteiger partial charge in [0, 0.05) is 4.83 Å². The molecule has 0 heterocycles. The Labute approximate surface area is 115 Å². The second-order valence-corrected chi connectivity index (χ2v) is 6.23. The highest BCUT2D eigenvalue weighted by Gasteiger charge is 2.21. The van der Waals surface area contributed by atoms with E-state index in [9.17, 15) is 0 Å². The first-order valence-electron chi connectivity index (χ1n) is 6.76. The number of benzene rings is 1. The monoisotopic (exact) mass is 296 g/mol. The molecule has 1 aromatic rings. The highest BCUT2D eigenvalue weighted by Crippen LogP contribution is 2.37. The smallest absolute Gasteiger partial charge is 0.0426 e. The van der Waals surface area contributed by atoms with Gasteiger partial charge < -0.3 is 0 Å². The topological polar surface area (TPSA) is 0 Å². The van der Waals surface area contributed by atoms with Crippen molar-refractivity contribution in [3.8, 4) is 0 Å². The number of hydrogen-bond donors (Lipinski definition) is 0. The van der Waals surface area contributed by atoms with Gasteiger partial charge in [0.1, 0.15) is 0 Å². The molecule has 0 radical (unpaired) electrons. The summed E-state index contributed by atoms with van der Waals surface area (Å²) in [6, 6.07) is 6.95. The van der Waals surface area contributed by atoms with E-state index in [1.165, 1.54) is 16.7 Å². The standard InChI is InChI=1S/C16H25Br/c1-6-13-8-9-14(7-2)15(10-13)16(17)12(5)11(3)4/h8-12,16H,6-7H2,1-5H3. The van der Waals surface area contributed by atoms with Crippen LogP contribution in [0.2, 0.25) is 0 Å². The number of halogens is 1. The Morgan fingerprint density at radius 2 is 1.71 bits per heavy atom. The van der Waals surface area contributed by atoms with Gasteiger partial charge in [0.15, 0.2) is 0 Å². The molecule has 17 heavy (non-hydrogen) atoms. The fourth-order valence-corrected chi connectivity index (χ4v) is 3.10. The van der Waals surface area contributed by atoms with Crippen molar-refractivity contribution in [1.82, 2.24) is 0 Å². The van der Waals surface area contributed by atoms with Gasteiger partial charge in [-0.3, -0.25) is 0 Å². The maximum absolute atomic E-state index is 3.91. The summed E-state index contributed by atoms with van der Waals surface area (Å²) < 4.78 is 0. The number of rotatable bonds is 5. The second kappa shape index (κ2) is 6.58. The molecule has 0 aliphatic heterocycles. The van der Waals surface area contributed by atoms with Crippen LogP contribution in [0, 0.1) is 11.8 Å². The molecule has 1 heteroatoms. The lowest BCUT2D eigenvalue weighted by molar-refractivity contribution is 0.413. The molecule has 0 aliphatic carbocycles. The molecular formula is C16H25Br. The normalized spacial score (nSPS) is 15.0. The van der Waals surface area contributed by atoms with Crippen molar-refractivity contribution in [2.75, 3.05) is 0 Å². The maximum atomic E-state index is 3.91. The third-order valence-electron chi connectivity index (χ3n) is 3.81. The van der Waals surface area contributed by atoms with Crippen molar-refractivity contribution in [2.24, 2.45) is 11.8 Å². The van der Waals surface area contributed by atoms with E-state index in [1.807, 2.05) is 0 Å². The molecule has 0 aromatic heterocycles. The summed E-state index contributed by atoms with van der Waals surface area (Å²) >= 11 is 3.91. The van der Waals surface area contributed by atoms with Crippen molar-refractivity contribution in [1.29, 1.82) is 0 Å². The van der Waals surface area contributed by atoms with Gasteiger partial charge in [-0.05, 0) is 41.4 Å². The van der Waals surface area contributed by atoms with Crippen molar-refractivity contribution < 1.29 is 0 Å². The van der Waals surface area contributed by atoms with Gasteiger partial charge in [0.05, 0.1) is 0 Å². The number of aryl methyl sites for hydroxylation is 2. The van der Waals surface area contributed by atoms with Crippen LogP contribution in [0.25, 0.3) is 0 Å². The Kier molecular flexibility index (Phi) is 5.72. The molecular weight excluding hydrogens is 272 g/mol. The van der Waals surface area contributed by atoms with E-state index in [2.05, 4.69) is 68.7 Å². The molecule has 0 N–H and O–H groups in total. The first-order valence-corrected chi connectivity index (χ1v) is 7.68. The van der Waals surface area contributed by atoms with E-state index in [0.717, 1.165) is 12.8 Å².